The number of hydrogen-bond donors (Lipinski definition) is 0. The van der Waals surface area contributed by atoms with Crippen molar-refractivity contribution in [3.05, 3.63) is 12.2 Å². The van der Waals surface area contributed by atoms with Crippen LogP contribution in [0.1, 0.15) is 39.0 Å². The Bertz CT molecular complexity index is 319. The van der Waals surface area contributed by atoms with Crippen LogP contribution in [0.2, 0.25) is 0 Å². The van der Waals surface area contributed by atoms with Gasteiger partial charge in [0.05, 0.1) is 0 Å². The van der Waals surface area contributed by atoms with E-state index in [9.17, 15) is 4.79 Å². The standard InChI is InChI=1S/C13H18O/c1-9-10-6-11-4-3-5-12(9,2)13(11,7-10)8-14/h8,10-11H,1,3-7H2,2H3. The van der Waals surface area contributed by atoms with Crippen molar-refractivity contribution in [2.45, 2.75) is 39.0 Å². The predicted octanol–water partition coefficient (Wildman–Crippen LogP) is 2.96. The largest absolute Gasteiger partial charge is 0.303 e. The lowest BCUT2D eigenvalue weighted by molar-refractivity contribution is -0.127. The molecule has 0 spiro atoms. The molecule has 4 atom stereocenters. The van der Waals surface area contributed by atoms with Crippen LogP contribution in [0, 0.1) is 22.7 Å². The Morgan fingerprint density at radius 1 is 1.57 bits per heavy atom. The zero-order valence-electron chi connectivity index (χ0n) is 8.88. The summed E-state index contributed by atoms with van der Waals surface area (Å²) in [6.45, 7) is 6.55. The van der Waals surface area contributed by atoms with Crippen LogP contribution in [-0.4, -0.2) is 6.29 Å². The van der Waals surface area contributed by atoms with Crippen molar-refractivity contribution in [2.24, 2.45) is 22.7 Å². The molecule has 0 heterocycles. The number of carbonyl (C=O) groups is 1. The molecule has 0 saturated heterocycles. The molecule has 0 aliphatic heterocycles. The topological polar surface area (TPSA) is 17.1 Å². The normalized spacial score (nSPS) is 55.1. The van der Waals surface area contributed by atoms with E-state index in [4.69, 9.17) is 0 Å². The van der Waals surface area contributed by atoms with Crippen molar-refractivity contribution in [3.8, 4) is 0 Å². The summed E-state index contributed by atoms with van der Waals surface area (Å²) in [4.78, 5) is 11.5. The molecule has 0 amide bonds. The third-order valence-corrected chi connectivity index (χ3v) is 5.55. The lowest BCUT2D eigenvalue weighted by Gasteiger charge is -2.51. The summed E-state index contributed by atoms with van der Waals surface area (Å²) in [5, 5.41) is 0. The van der Waals surface area contributed by atoms with Crippen molar-refractivity contribution in [2.75, 3.05) is 0 Å². The number of hydrogen-bond acceptors (Lipinski definition) is 1. The number of rotatable bonds is 1. The molecule has 1 nitrogen and oxygen atoms in total. The summed E-state index contributed by atoms with van der Waals surface area (Å²) < 4.78 is 0. The lowest BCUT2D eigenvalue weighted by Crippen LogP contribution is -2.47. The van der Waals surface area contributed by atoms with Crippen molar-refractivity contribution >= 4 is 6.29 Å². The van der Waals surface area contributed by atoms with Gasteiger partial charge in [0, 0.05) is 10.8 Å². The first kappa shape index (κ1) is 8.70. The summed E-state index contributed by atoms with van der Waals surface area (Å²) in [7, 11) is 0. The van der Waals surface area contributed by atoms with Crippen LogP contribution in [-0.2, 0) is 4.79 Å². The summed E-state index contributed by atoms with van der Waals surface area (Å²) in [5.74, 6) is 1.34. The molecule has 0 aromatic heterocycles. The fourth-order valence-corrected chi connectivity index (χ4v) is 4.65. The molecule has 0 N–H and O–H groups in total. The molecule has 0 aromatic rings. The van der Waals surface area contributed by atoms with Gasteiger partial charge in [-0.25, -0.2) is 0 Å². The molecule has 0 radical (unpaired) electrons. The molecule has 14 heavy (non-hydrogen) atoms. The van der Waals surface area contributed by atoms with E-state index in [0.29, 0.717) is 11.8 Å². The molecular formula is C13H18O. The number of aldehydes is 1. The minimum Gasteiger partial charge on any atom is -0.303 e. The maximum absolute atomic E-state index is 11.5. The highest BCUT2D eigenvalue weighted by molar-refractivity contribution is 5.67. The van der Waals surface area contributed by atoms with Crippen LogP contribution < -0.4 is 0 Å². The van der Waals surface area contributed by atoms with E-state index in [0.717, 1.165) is 6.42 Å². The molecule has 2 bridgehead atoms. The second kappa shape index (κ2) is 2.32. The Morgan fingerprint density at radius 2 is 2.36 bits per heavy atom. The smallest absolute Gasteiger partial charge is 0.127 e. The van der Waals surface area contributed by atoms with Gasteiger partial charge in [-0.2, -0.15) is 0 Å². The molecule has 3 aliphatic rings. The minimum absolute atomic E-state index is 0.00694. The Kier molecular flexibility index (Phi) is 1.44. The van der Waals surface area contributed by atoms with E-state index in [1.807, 2.05) is 0 Å². The van der Waals surface area contributed by atoms with Gasteiger partial charge in [-0.3, -0.25) is 0 Å². The van der Waals surface area contributed by atoms with E-state index in [1.54, 1.807) is 0 Å². The van der Waals surface area contributed by atoms with E-state index in [2.05, 4.69) is 13.5 Å². The van der Waals surface area contributed by atoms with Crippen molar-refractivity contribution < 1.29 is 4.79 Å². The van der Waals surface area contributed by atoms with Gasteiger partial charge in [0.1, 0.15) is 6.29 Å². The maximum atomic E-state index is 11.5. The first-order chi connectivity index (χ1) is 6.64. The average Bonchev–Trinajstić information content (AvgIpc) is 2.65. The predicted molar refractivity (Wildman–Crippen MR) is 55.8 cm³/mol. The Balaban J connectivity index is 2.17. The van der Waals surface area contributed by atoms with Crippen LogP contribution in [0.4, 0.5) is 0 Å². The number of allylic oxidation sites excluding steroid dienone is 1. The molecule has 1 heteroatoms. The second-order valence-corrected chi connectivity index (χ2v) is 5.74. The fourth-order valence-electron chi connectivity index (χ4n) is 4.65. The third kappa shape index (κ3) is 0.656. The highest BCUT2D eigenvalue weighted by Crippen LogP contribution is 2.72. The Morgan fingerprint density at radius 3 is 3.00 bits per heavy atom. The van der Waals surface area contributed by atoms with Crippen LogP contribution in [0.5, 0.6) is 0 Å². The van der Waals surface area contributed by atoms with Crippen molar-refractivity contribution in [1.29, 1.82) is 0 Å². The summed E-state index contributed by atoms with van der Waals surface area (Å²) in [6.07, 6.45) is 7.40. The molecule has 3 aliphatic carbocycles. The van der Waals surface area contributed by atoms with Gasteiger partial charge >= 0.3 is 0 Å². The lowest BCUT2D eigenvalue weighted by atomic mass is 9.52. The molecule has 0 aromatic carbocycles. The van der Waals surface area contributed by atoms with Gasteiger partial charge in [-0.1, -0.05) is 25.5 Å². The van der Waals surface area contributed by atoms with Gasteiger partial charge in [-0.15, -0.1) is 0 Å². The molecule has 76 valence electrons. The SMILES string of the molecule is C=C1C2CC3CCCC1(C)C3(C=O)C2. The van der Waals surface area contributed by atoms with E-state index in [1.165, 1.54) is 37.5 Å². The first-order valence-electron chi connectivity index (χ1n) is 5.80. The molecule has 4 unspecified atom stereocenters. The highest BCUT2D eigenvalue weighted by atomic mass is 16.1. The molecule has 3 saturated carbocycles. The molecule has 3 rings (SSSR count). The van der Waals surface area contributed by atoms with Gasteiger partial charge in [0.2, 0.25) is 0 Å². The summed E-state index contributed by atoms with van der Waals surface area (Å²) in [6, 6.07) is 0. The third-order valence-electron chi connectivity index (χ3n) is 5.55. The van der Waals surface area contributed by atoms with Gasteiger partial charge < -0.3 is 4.79 Å². The summed E-state index contributed by atoms with van der Waals surface area (Å²) >= 11 is 0. The summed E-state index contributed by atoms with van der Waals surface area (Å²) in [5.41, 5.74) is 1.54. The number of carbonyl (C=O) groups excluding carboxylic acids is 1. The van der Waals surface area contributed by atoms with Crippen LogP contribution in [0.3, 0.4) is 0 Å². The number of fused-ring (bicyclic) bond motifs is 1. The quantitative estimate of drug-likeness (QED) is 0.459. The fraction of sp³-hybridized carbons (Fsp3) is 0.769. The van der Waals surface area contributed by atoms with Gasteiger partial charge in [0.15, 0.2) is 0 Å². The molecule has 3 fully saturated rings. The van der Waals surface area contributed by atoms with E-state index in [-0.39, 0.29) is 10.8 Å². The first-order valence-corrected chi connectivity index (χ1v) is 5.80. The zero-order chi connectivity index (χ0) is 9.97. The van der Waals surface area contributed by atoms with E-state index >= 15 is 0 Å². The van der Waals surface area contributed by atoms with Crippen LogP contribution in [0.25, 0.3) is 0 Å². The highest BCUT2D eigenvalue weighted by Gasteiger charge is 2.66. The molecular weight excluding hydrogens is 172 g/mol. The second-order valence-electron chi connectivity index (χ2n) is 5.74. The van der Waals surface area contributed by atoms with Gasteiger partial charge in [-0.05, 0) is 37.5 Å². The Hall–Kier alpha value is -0.590. The minimum atomic E-state index is -0.00694. The zero-order valence-corrected chi connectivity index (χ0v) is 8.88. The maximum Gasteiger partial charge on any atom is 0.127 e. The van der Waals surface area contributed by atoms with Crippen molar-refractivity contribution in [3.63, 3.8) is 0 Å². The van der Waals surface area contributed by atoms with Crippen LogP contribution >= 0.6 is 0 Å². The Labute approximate surface area is 85.6 Å². The van der Waals surface area contributed by atoms with Crippen LogP contribution in [0.15, 0.2) is 12.2 Å². The van der Waals surface area contributed by atoms with Gasteiger partial charge in [0.25, 0.3) is 0 Å². The van der Waals surface area contributed by atoms with Crippen molar-refractivity contribution in [1.82, 2.24) is 0 Å². The van der Waals surface area contributed by atoms with E-state index < -0.39 is 0 Å². The monoisotopic (exact) mass is 190 g/mol. The average molecular weight is 190 g/mol.